The van der Waals surface area contributed by atoms with Gasteiger partial charge in [-0.2, -0.15) is 5.10 Å². The number of carbonyl (C=O) groups excluding carboxylic acids is 1. The summed E-state index contributed by atoms with van der Waals surface area (Å²) in [6.07, 6.45) is 2.81. The highest BCUT2D eigenvalue weighted by atomic mass is 16.1. The number of hydrogen-bond acceptors (Lipinski definition) is 2. The molecule has 4 nitrogen and oxygen atoms in total. The van der Waals surface area contributed by atoms with Crippen LogP contribution in [-0.2, 0) is 12.5 Å². The molecule has 0 saturated heterocycles. The molecule has 1 unspecified atom stereocenters. The summed E-state index contributed by atoms with van der Waals surface area (Å²) in [6.45, 7) is 6.78. The van der Waals surface area contributed by atoms with Crippen LogP contribution >= 0.6 is 0 Å². The number of hydrogen-bond donors (Lipinski definition) is 1. The Hall–Kier alpha value is -2.10. The second kappa shape index (κ2) is 4.45. The van der Waals surface area contributed by atoms with Gasteiger partial charge in [0.1, 0.15) is 5.69 Å². The largest absolute Gasteiger partial charge is 0.365 e. The van der Waals surface area contributed by atoms with E-state index in [-0.39, 0.29) is 5.41 Å². The number of fused-ring (bicyclic) bond motifs is 1. The van der Waals surface area contributed by atoms with E-state index in [0.717, 1.165) is 12.0 Å². The highest BCUT2D eigenvalue weighted by molar-refractivity contribution is 5.99. The van der Waals surface area contributed by atoms with Gasteiger partial charge in [-0.25, -0.2) is 0 Å². The lowest BCUT2D eigenvalue weighted by Gasteiger charge is -2.19. The van der Waals surface area contributed by atoms with Crippen molar-refractivity contribution in [2.75, 3.05) is 0 Å². The Bertz CT molecular complexity index is 728. The lowest BCUT2D eigenvalue weighted by Crippen LogP contribution is -2.12. The van der Waals surface area contributed by atoms with Crippen LogP contribution < -0.4 is 5.73 Å². The minimum Gasteiger partial charge on any atom is -0.365 e. The average molecular weight is 283 g/mol. The summed E-state index contributed by atoms with van der Waals surface area (Å²) < 4.78 is 1.65. The van der Waals surface area contributed by atoms with E-state index >= 15 is 0 Å². The topological polar surface area (TPSA) is 60.9 Å². The molecule has 2 aromatic rings. The van der Waals surface area contributed by atoms with Gasteiger partial charge >= 0.3 is 0 Å². The van der Waals surface area contributed by atoms with E-state index in [4.69, 9.17) is 5.73 Å². The van der Waals surface area contributed by atoms with Crippen LogP contribution in [-0.4, -0.2) is 15.7 Å². The molecule has 0 aliphatic heterocycles. The summed E-state index contributed by atoms with van der Waals surface area (Å²) in [5, 5.41) is 4.48. The third-order valence-electron chi connectivity index (χ3n) is 4.49. The van der Waals surface area contributed by atoms with Crippen LogP contribution in [0, 0.1) is 0 Å². The van der Waals surface area contributed by atoms with Gasteiger partial charge < -0.3 is 5.73 Å². The number of aromatic nitrogens is 2. The van der Waals surface area contributed by atoms with E-state index < -0.39 is 5.91 Å². The van der Waals surface area contributed by atoms with Crippen LogP contribution in [0.3, 0.4) is 0 Å². The molecule has 1 aromatic heterocycles. The predicted molar refractivity (Wildman–Crippen MR) is 83.2 cm³/mol. The Labute approximate surface area is 125 Å². The summed E-state index contributed by atoms with van der Waals surface area (Å²) in [4.78, 5) is 11.7. The molecule has 0 bridgehead atoms. The first-order chi connectivity index (χ1) is 9.81. The summed E-state index contributed by atoms with van der Waals surface area (Å²) in [5.74, 6) is 0.0227. The maximum atomic E-state index is 11.7. The van der Waals surface area contributed by atoms with Gasteiger partial charge in [-0.3, -0.25) is 9.48 Å². The number of benzene rings is 1. The highest BCUT2D eigenvalue weighted by Gasteiger charge is 2.36. The molecular weight excluding hydrogens is 262 g/mol. The molecule has 1 aliphatic rings. The smallest absolute Gasteiger partial charge is 0.252 e. The zero-order valence-corrected chi connectivity index (χ0v) is 13.0. The number of nitrogens with zero attached hydrogens (tertiary/aromatic N) is 2. The Morgan fingerprint density at radius 1 is 1.43 bits per heavy atom. The first kappa shape index (κ1) is 13.9. The van der Waals surface area contributed by atoms with E-state index in [1.54, 1.807) is 10.9 Å². The molecule has 0 saturated carbocycles. The molecule has 4 heteroatoms. The monoisotopic (exact) mass is 283 g/mol. The zero-order chi connectivity index (χ0) is 15.4. The lowest BCUT2D eigenvalue weighted by molar-refractivity contribution is 0.100. The molecule has 3 rings (SSSR count). The highest BCUT2D eigenvalue weighted by Crippen LogP contribution is 2.49. The molecule has 1 amide bonds. The summed E-state index contributed by atoms with van der Waals surface area (Å²) in [6, 6.07) is 6.29. The fourth-order valence-electron chi connectivity index (χ4n) is 3.74. The molecule has 1 atom stereocenters. The summed E-state index contributed by atoms with van der Waals surface area (Å²) in [7, 11) is 1.81. The second-order valence-corrected chi connectivity index (χ2v) is 6.69. The van der Waals surface area contributed by atoms with Crippen LogP contribution in [0.15, 0.2) is 24.4 Å². The SMILES string of the molecule is CC1CC(C)(C)c2cccc(-c3nn(C)cc3C(N)=O)c21. The van der Waals surface area contributed by atoms with Crippen molar-refractivity contribution in [3.63, 3.8) is 0 Å². The first-order valence-corrected chi connectivity index (χ1v) is 7.28. The number of rotatable bonds is 2. The molecule has 0 spiro atoms. The normalized spacial score (nSPS) is 19.5. The van der Waals surface area contributed by atoms with Gasteiger partial charge in [0, 0.05) is 18.8 Å². The lowest BCUT2D eigenvalue weighted by atomic mass is 9.85. The van der Waals surface area contributed by atoms with Gasteiger partial charge in [-0.05, 0) is 28.9 Å². The quantitative estimate of drug-likeness (QED) is 0.921. The third kappa shape index (κ3) is 2.06. The van der Waals surface area contributed by atoms with Crippen LogP contribution in [0.25, 0.3) is 11.3 Å². The number of carbonyl (C=O) groups is 1. The minimum atomic E-state index is -0.430. The Morgan fingerprint density at radius 3 is 2.81 bits per heavy atom. The molecular formula is C17H21N3O. The molecule has 21 heavy (non-hydrogen) atoms. The van der Waals surface area contributed by atoms with Crippen molar-refractivity contribution in [3.05, 3.63) is 41.1 Å². The number of amides is 1. The fraction of sp³-hybridized carbons (Fsp3) is 0.412. The van der Waals surface area contributed by atoms with E-state index in [1.807, 2.05) is 19.2 Å². The second-order valence-electron chi connectivity index (χ2n) is 6.69. The molecule has 0 fully saturated rings. The van der Waals surface area contributed by atoms with E-state index in [2.05, 4.69) is 31.9 Å². The fourth-order valence-corrected chi connectivity index (χ4v) is 3.74. The van der Waals surface area contributed by atoms with Crippen molar-refractivity contribution in [2.24, 2.45) is 12.8 Å². The van der Waals surface area contributed by atoms with Crippen molar-refractivity contribution < 1.29 is 4.79 Å². The summed E-state index contributed by atoms with van der Waals surface area (Å²) in [5.41, 5.74) is 10.6. The first-order valence-electron chi connectivity index (χ1n) is 7.28. The number of nitrogens with two attached hydrogens (primary N) is 1. The minimum absolute atomic E-state index is 0.159. The van der Waals surface area contributed by atoms with E-state index in [1.165, 1.54) is 11.1 Å². The maximum Gasteiger partial charge on any atom is 0.252 e. The van der Waals surface area contributed by atoms with Gasteiger partial charge in [-0.15, -0.1) is 0 Å². The molecule has 1 aliphatic carbocycles. The van der Waals surface area contributed by atoms with E-state index in [0.29, 0.717) is 17.2 Å². The van der Waals surface area contributed by atoms with E-state index in [9.17, 15) is 4.79 Å². The standard InChI is InChI=1S/C17H21N3O/c1-10-8-17(2,3)13-7-5-6-11(14(10)13)15-12(16(18)21)9-20(4)19-15/h5-7,9-10H,8H2,1-4H3,(H2,18,21). The Morgan fingerprint density at radius 2 is 2.14 bits per heavy atom. The van der Waals surface area contributed by atoms with Gasteiger partial charge in [0.05, 0.1) is 5.56 Å². The van der Waals surface area contributed by atoms with Crippen LogP contribution in [0.2, 0.25) is 0 Å². The van der Waals surface area contributed by atoms with Crippen LogP contribution in [0.4, 0.5) is 0 Å². The third-order valence-corrected chi connectivity index (χ3v) is 4.49. The van der Waals surface area contributed by atoms with Gasteiger partial charge in [0.15, 0.2) is 0 Å². The average Bonchev–Trinajstić information content (AvgIpc) is 2.89. The van der Waals surface area contributed by atoms with Gasteiger partial charge in [0.25, 0.3) is 5.91 Å². The van der Waals surface area contributed by atoms with Crippen molar-refractivity contribution in [2.45, 2.75) is 38.5 Å². The molecule has 0 radical (unpaired) electrons. The van der Waals surface area contributed by atoms with Crippen LogP contribution in [0.5, 0.6) is 0 Å². The Kier molecular flexibility index (Phi) is 2.94. The molecule has 1 heterocycles. The van der Waals surface area contributed by atoms with Gasteiger partial charge in [0.2, 0.25) is 0 Å². The molecule has 2 N–H and O–H groups in total. The van der Waals surface area contributed by atoms with Crippen molar-refractivity contribution in [1.29, 1.82) is 0 Å². The number of primary amides is 1. The number of aryl methyl sites for hydroxylation is 1. The van der Waals surface area contributed by atoms with Gasteiger partial charge in [-0.1, -0.05) is 39.0 Å². The molecule has 110 valence electrons. The Balaban J connectivity index is 2.27. The zero-order valence-electron chi connectivity index (χ0n) is 13.0. The molecule has 1 aromatic carbocycles. The van der Waals surface area contributed by atoms with Crippen molar-refractivity contribution in [3.8, 4) is 11.3 Å². The summed E-state index contributed by atoms with van der Waals surface area (Å²) >= 11 is 0. The van der Waals surface area contributed by atoms with Crippen LogP contribution in [0.1, 0.15) is 54.6 Å². The van der Waals surface area contributed by atoms with Crippen molar-refractivity contribution >= 4 is 5.91 Å². The predicted octanol–water partition coefficient (Wildman–Crippen LogP) is 2.97. The van der Waals surface area contributed by atoms with Crippen molar-refractivity contribution in [1.82, 2.24) is 9.78 Å². The maximum absolute atomic E-state index is 11.7.